The molecule has 2 nitrogen and oxygen atoms in total. The van der Waals surface area contributed by atoms with Gasteiger partial charge in [-0.3, -0.25) is 0 Å². The van der Waals surface area contributed by atoms with Crippen molar-refractivity contribution in [3.8, 4) is 0 Å². The number of halogens is 1. The molecule has 1 aromatic heterocycles. The Balaban J connectivity index is 2.17. The Morgan fingerprint density at radius 2 is 2.27 bits per heavy atom. The van der Waals surface area contributed by atoms with Crippen LogP contribution in [0.1, 0.15) is 18.7 Å². The Morgan fingerprint density at radius 3 is 2.80 bits per heavy atom. The van der Waals surface area contributed by atoms with Gasteiger partial charge in [0.25, 0.3) is 0 Å². The molecule has 0 amide bonds. The van der Waals surface area contributed by atoms with Crippen LogP contribution in [0.2, 0.25) is 0 Å². The summed E-state index contributed by atoms with van der Waals surface area (Å²) in [5.74, 6) is 0. The average molecular weight is 292 g/mol. The number of aliphatic hydroxyl groups excluding tert-OH is 1. The Bertz CT molecular complexity index is 299. The van der Waals surface area contributed by atoms with Crippen LogP contribution in [0.5, 0.6) is 0 Å². The van der Waals surface area contributed by atoms with Crippen molar-refractivity contribution in [3.05, 3.63) is 20.8 Å². The molecule has 0 saturated carbocycles. The summed E-state index contributed by atoms with van der Waals surface area (Å²) >= 11 is 5.22. The molecule has 0 radical (unpaired) electrons. The van der Waals surface area contributed by atoms with E-state index in [-0.39, 0.29) is 12.0 Å². The van der Waals surface area contributed by atoms with E-state index in [0.29, 0.717) is 0 Å². The van der Waals surface area contributed by atoms with Gasteiger partial charge in [-0.15, -0.1) is 11.3 Å². The first-order valence-corrected chi connectivity index (χ1v) is 6.75. The molecular formula is C11H18BrNOS. The van der Waals surface area contributed by atoms with E-state index in [1.165, 1.54) is 4.88 Å². The molecule has 0 spiro atoms. The molecule has 1 rings (SSSR count). The molecule has 0 aromatic carbocycles. The van der Waals surface area contributed by atoms with Gasteiger partial charge in [-0.25, -0.2) is 0 Å². The lowest BCUT2D eigenvalue weighted by Gasteiger charge is -2.21. The van der Waals surface area contributed by atoms with Crippen molar-refractivity contribution in [2.75, 3.05) is 19.7 Å². The fourth-order valence-corrected chi connectivity index (χ4v) is 2.63. The molecule has 15 heavy (non-hydrogen) atoms. The van der Waals surface area contributed by atoms with E-state index in [1.54, 1.807) is 11.3 Å². The number of aliphatic hydroxyl groups is 1. The second kappa shape index (κ2) is 5.99. The highest BCUT2D eigenvalue weighted by atomic mass is 79.9. The van der Waals surface area contributed by atoms with Crippen molar-refractivity contribution >= 4 is 27.3 Å². The minimum absolute atomic E-state index is 0.0178. The number of nitrogens with one attached hydrogen (secondary N) is 1. The third kappa shape index (κ3) is 5.11. The van der Waals surface area contributed by atoms with Crippen LogP contribution in [0.25, 0.3) is 0 Å². The first-order valence-electron chi connectivity index (χ1n) is 5.08. The van der Waals surface area contributed by atoms with E-state index < -0.39 is 0 Å². The zero-order valence-electron chi connectivity index (χ0n) is 9.22. The SMILES string of the molecule is CC(C)(CO)CNCCc1cc(Br)cs1. The summed E-state index contributed by atoms with van der Waals surface area (Å²) in [4.78, 5) is 1.39. The Kier molecular flexibility index (Phi) is 5.26. The van der Waals surface area contributed by atoms with Gasteiger partial charge in [0, 0.05) is 33.3 Å². The Morgan fingerprint density at radius 1 is 1.53 bits per heavy atom. The minimum atomic E-state index is -0.0178. The summed E-state index contributed by atoms with van der Waals surface area (Å²) in [5, 5.41) is 14.5. The highest BCUT2D eigenvalue weighted by molar-refractivity contribution is 9.10. The van der Waals surface area contributed by atoms with Crippen LogP contribution >= 0.6 is 27.3 Å². The molecule has 0 unspecified atom stereocenters. The first-order chi connectivity index (χ1) is 7.03. The van der Waals surface area contributed by atoms with Crippen molar-refractivity contribution in [1.29, 1.82) is 0 Å². The van der Waals surface area contributed by atoms with Crippen molar-refractivity contribution in [3.63, 3.8) is 0 Å². The van der Waals surface area contributed by atoms with E-state index >= 15 is 0 Å². The normalized spacial score (nSPS) is 12.0. The third-order valence-electron chi connectivity index (χ3n) is 2.20. The molecule has 86 valence electrons. The van der Waals surface area contributed by atoms with Crippen LogP contribution in [0.15, 0.2) is 15.9 Å². The lowest BCUT2D eigenvalue weighted by molar-refractivity contribution is 0.157. The van der Waals surface area contributed by atoms with Gasteiger partial charge in [0.1, 0.15) is 0 Å². The second-order valence-corrected chi connectivity index (χ2v) is 6.39. The van der Waals surface area contributed by atoms with Crippen molar-refractivity contribution < 1.29 is 5.11 Å². The molecule has 0 bridgehead atoms. The van der Waals surface area contributed by atoms with Gasteiger partial charge in [0.2, 0.25) is 0 Å². The Hall–Kier alpha value is 0.1000. The summed E-state index contributed by atoms with van der Waals surface area (Å²) in [7, 11) is 0. The van der Waals surface area contributed by atoms with Crippen molar-refractivity contribution in [2.24, 2.45) is 5.41 Å². The van der Waals surface area contributed by atoms with Crippen LogP contribution in [-0.4, -0.2) is 24.8 Å². The fourth-order valence-electron chi connectivity index (χ4n) is 1.18. The van der Waals surface area contributed by atoms with Crippen LogP contribution in [0.4, 0.5) is 0 Å². The topological polar surface area (TPSA) is 32.3 Å². The smallest absolute Gasteiger partial charge is 0.0494 e. The predicted octanol–water partition coefficient (Wildman–Crippen LogP) is 2.66. The highest BCUT2D eigenvalue weighted by Crippen LogP contribution is 2.19. The third-order valence-corrected chi connectivity index (χ3v) is 3.96. The van der Waals surface area contributed by atoms with Gasteiger partial charge in [-0.2, -0.15) is 0 Å². The molecule has 2 N–H and O–H groups in total. The first kappa shape index (κ1) is 13.2. The maximum Gasteiger partial charge on any atom is 0.0494 e. The summed E-state index contributed by atoms with van der Waals surface area (Å²) in [6, 6.07) is 2.16. The van der Waals surface area contributed by atoms with Crippen LogP contribution in [-0.2, 0) is 6.42 Å². The number of rotatable bonds is 6. The zero-order valence-corrected chi connectivity index (χ0v) is 11.6. The molecule has 1 aromatic rings. The molecule has 0 fully saturated rings. The van der Waals surface area contributed by atoms with E-state index in [0.717, 1.165) is 24.0 Å². The van der Waals surface area contributed by atoms with Gasteiger partial charge in [-0.05, 0) is 35.0 Å². The zero-order chi connectivity index (χ0) is 11.3. The maximum absolute atomic E-state index is 9.07. The summed E-state index contributed by atoms with van der Waals surface area (Å²) in [6.07, 6.45) is 1.05. The highest BCUT2D eigenvalue weighted by Gasteiger charge is 2.15. The molecule has 0 atom stereocenters. The standard InChI is InChI=1S/C11H18BrNOS/c1-11(2,8-14)7-13-4-3-10-5-9(12)6-15-10/h5-6,13-14H,3-4,7-8H2,1-2H3. The van der Waals surface area contributed by atoms with Gasteiger partial charge in [0.15, 0.2) is 0 Å². The number of hydrogen-bond acceptors (Lipinski definition) is 3. The maximum atomic E-state index is 9.07. The lowest BCUT2D eigenvalue weighted by Crippen LogP contribution is -2.33. The minimum Gasteiger partial charge on any atom is -0.396 e. The molecule has 1 heterocycles. The van der Waals surface area contributed by atoms with E-state index in [2.05, 4.69) is 46.5 Å². The molecule has 0 aliphatic heterocycles. The number of hydrogen-bond donors (Lipinski definition) is 2. The van der Waals surface area contributed by atoms with Gasteiger partial charge < -0.3 is 10.4 Å². The van der Waals surface area contributed by atoms with Gasteiger partial charge in [0.05, 0.1) is 0 Å². The quantitative estimate of drug-likeness (QED) is 0.790. The second-order valence-electron chi connectivity index (χ2n) is 4.48. The fraction of sp³-hybridized carbons (Fsp3) is 0.636. The summed E-state index contributed by atoms with van der Waals surface area (Å²) in [6.45, 7) is 6.17. The van der Waals surface area contributed by atoms with Crippen LogP contribution in [0, 0.1) is 5.41 Å². The molecular weight excluding hydrogens is 274 g/mol. The molecule has 0 aliphatic carbocycles. The van der Waals surface area contributed by atoms with E-state index in [9.17, 15) is 0 Å². The summed E-state index contributed by atoms with van der Waals surface area (Å²) < 4.78 is 1.16. The van der Waals surface area contributed by atoms with Crippen molar-refractivity contribution in [2.45, 2.75) is 20.3 Å². The van der Waals surface area contributed by atoms with E-state index in [1.807, 2.05) is 0 Å². The molecule has 0 saturated heterocycles. The number of thiophene rings is 1. The van der Waals surface area contributed by atoms with Gasteiger partial charge in [-0.1, -0.05) is 13.8 Å². The summed E-state index contributed by atoms with van der Waals surface area (Å²) in [5.41, 5.74) is -0.0178. The Labute approximate surface area is 104 Å². The average Bonchev–Trinajstić information content (AvgIpc) is 2.59. The van der Waals surface area contributed by atoms with Crippen LogP contribution < -0.4 is 5.32 Å². The van der Waals surface area contributed by atoms with Crippen molar-refractivity contribution in [1.82, 2.24) is 5.32 Å². The molecule has 4 heteroatoms. The largest absolute Gasteiger partial charge is 0.396 e. The van der Waals surface area contributed by atoms with Crippen LogP contribution in [0.3, 0.4) is 0 Å². The van der Waals surface area contributed by atoms with Gasteiger partial charge >= 0.3 is 0 Å². The molecule has 0 aliphatic rings. The predicted molar refractivity (Wildman–Crippen MR) is 69.5 cm³/mol. The monoisotopic (exact) mass is 291 g/mol. The lowest BCUT2D eigenvalue weighted by atomic mass is 9.95. The van der Waals surface area contributed by atoms with E-state index in [4.69, 9.17) is 5.11 Å².